The van der Waals surface area contributed by atoms with Crippen molar-refractivity contribution in [2.75, 3.05) is 18.5 Å². The first-order valence-corrected chi connectivity index (χ1v) is 13.1. The van der Waals surface area contributed by atoms with Gasteiger partial charge in [0.2, 0.25) is 5.88 Å². The number of fused-ring (bicyclic) bond motifs is 1. The lowest BCUT2D eigenvalue weighted by atomic mass is 10.1. The maximum Gasteiger partial charge on any atom is 0.263 e. The van der Waals surface area contributed by atoms with Gasteiger partial charge in [-0.05, 0) is 45.1 Å². The first-order chi connectivity index (χ1) is 16.7. The highest BCUT2D eigenvalue weighted by Gasteiger charge is 2.22. The number of carbonyl (C=O) groups excluding carboxylic acids is 2. The molecule has 2 amide bonds. The van der Waals surface area contributed by atoms with Crippen LogP contribution in [0.1, 0.15) is 83.9 Å². The van der Waals surface area contributed by atoms with Gasteiger partial charge in [-0.25, -0.2) is 9.97 Å². The topological polar surface area (TPSA) is 128 Å². The van der Waals surface area contributed by atoms with Crippen LogP contribution in [0.25, 0.3) is 0 Å². The highest BCUT2D eigenvalue weighted by molar-refractivity contribution is 7.17. The molecule has 2 aromatic heterocycles. The van der Waals surface area contributed by atoms with Crippen LogP contribution >= 0.6 is 11.3 Å². The second kappa shape index (κ2) is 12.3. The predicted molar refractivity (Wildman–Crippen MR) is 137 cm³/mol. The fourth-order valence-corrected chi connectivity index (χ4v) is 4.70. The molecular weight excluding hydrogens is 466 g/mol. The number of pyridine rings is 1. The molecule has 0 spiro atoms. The smallest absolute Gasteiger partial charge is 0.263 e. The van der Waals surface area contributed by atoms with Crippen LogP contribution in [0.15, 0.2) is 6.07 Å². The van der Waals surface area contributed by atoms with E-state index in [4.69, 9.17) is 15.2 Å². The minimum atomic E-state index is -0.575. The number of hydrogen-bond donors (Lipinski definition) is 3. The zero-order valence-corrected chi connectivity index (χ0v) is 22.1. The first kappa shape index (κ1) is 26.9. The third-order valence-electron chi connectivity index (χ3n) is 5.89. The second-order valence-corrected chi connectivity index (χ2v) is 10.4. The predicted octanol–water partition coefficient (Wildman–Crippen LogP) is 3.84. The number of aryl methyl sites for hydroxylation is 1. The lowest BCUT2D eigenvalue weighted by molar-refractivity contribution is 0.0926. The van der Waals surface area contributed by atoms with Crippen LogP contribution in [0, 0.1) is 12.8 Å². The van der Waals surface area contributed by atoms with E-state index in [1.165, 1.54) is 11.3 Å². The average molecular weight is 504 g/mol. The van der Waals surface area contributed by atoms with Crippen LogP contribution < -0.4 is 21.1 Å². The fourth-order valence-electron chi connectivity index (χ4n) is 3.82. The summed E-state index contributed by atoms with van der Waals surface area (Å²) in [6, 6.07) is 1.72. The Morgan fingerprint density at radius 1 is 1.26 bits per heavy atom. The Morgan fingerprint density at radius 2 is 2.03 bits per heavy atom. The molecule has 0 fully saturated rings. The summed E-state index contributed by atoms with van der Waals surface area (Å²) in [6.07, 6.45) is 2.67. The Kier molecular flexibility index (Phi) is 9.45. The number of carbonyl (C=O) groups is 2. The van der Waals surface area contributed by atoms with Gasteiger partial charge in [-0.3, -0.25) is 9.59 Å². The summed E-state index contributed by atoms with van der Waals surface area (Å²) >= 11 is 1.38. The van der Waals surface area contributed by atoms with Crippen LogP contribution in [0.3, 0.4) is 0 Å². The Morgan fingerprint density at radius 3 is 2.71 bits per heavy atom. The van der Waals surface area contributed by atoms with Gasteiger partial charge in [-0.1, -0.05) is 32.1 Å². The van der Waals surface area contributed by atoms with Crippen molar-refractivity contribution in [1.82, 2.24) is 15.3 Å². The summed E-state index contributed by atoms with van der Waals surface area (Å²) < 4.78 is 11.5. The van der Waals surface area contributed by atoms with Crippen molar-refractivity contribution in [3.8, 4) is 5.88 Å². The van der Waals surface area contributed by atoms with E-state index in [9.17, 15) is 9.59 Å². The minimum absolute atomic E-state index is 0.00799. The molecule has 0 bridgehead atoms. The van der Waals surface area contributed by atoms with Gasteiger partial charge in [0.1, 0.15) is 10.4 Å². The fraction of sp³-hybridized carbons (Fsp3) is 0.600. The van der Waals surface area contributed by atoms with Crippen molar-refractivity contribution in [3.63, 3.8) is 0 Å². The van der Waals surface area contributed by atoms with E-state index in [2.05, 4.69) is 34.4 Å². The standard InChI is InChI=1S/C25H37N5O4S/c1-6-18(29-23(32)21-16(5)28-25(35-21)27-12-14(2)3)8-7-15(4)34-24-19(22(26)31)11-17-13-33-10-9-20(17)30-24/h11,14-15,18H,6-10,12-13H2,1-5H3,(H2,26,31)(H,27,28)(H,29,32)/t15-,18-/m0/s1. The summed E-state index contributed by atoms with van der Waals surface area (Å²) in [7, 11) is 0. The Labute approximate surface area is 211 Å². The SMILES string of the molecule is CC[C@@H](CC[C@H](C)Oc1nc2c(cc1C(N)=O)COCC2)NC(=O)c1sc(NCC(C)C)nc1C. The lowest BCUT2D eigenvalue weighted by Gasteiger charge is -2.22. The van der Waals surface area contributed by atoms with E-state index in [0.29, 0.717) is 36.9 Å². The summed E-state index contributed by atoms with van der Waals surface area (Å²) in [5.41, 5.74) is 8.32. The molecule has 0 radical (unpaired) electrons. The van der Waals surface area contributed by atoms with Crippen molar-refractivity contribution in [3.05, 3.63) is 33.5 Å². The number of anilines is 1. The lowest BCUT2D eigenvalue weighted by Crippen LogP contribution is -2.35. The van der Waals surface area contributed by atoms with Crippen LogP contribution in [-0.4, -0.2) is 47.1 Å². The Bertz CT molecular complexity index is 1040. The summed E-state index contributed by atoms with van der Waals surface area (Å²) in [6.45, 7) is 11.9. The largest absolute Gasteiger partial charge is 0.474 e. The van der Waals surface area contributed by atoms with Crippen molar-refractivity contribution in [2.45, 2.75) is 79.1 Å². The van der Waals surface area contributed by atoms with E-state index in [1.807, 2.05) is 20.8 Å². The van der Waals surface area contributed by atoms with Crippen molar-refractivity contribution in [1.29, 1.82) is 0 Å². The molecule has 0 aliphatic carbocycles. The van der Waals surface area contributed by atoms with Crippen molar-refractivity contribution in [2.24, 2.45) is 11.7 Å². The quantitative estimate of drug-likeness (QED) is 0.401. The third kappa shape index (κ3) is 7.38. The molecule has 10 heteroatoms. The van der Waals surface area contributed by atoms with Gasteiger partial charge in [0.05, 0.1) is 30.7 Å². The number of aromatic nitrogens is 2. The highest BCUT2D eigenvalue weighted by Crippen LogP contribution is 2.26. The second-order valence-electron chi connectivity index (χ2n) is 9.41. The number of amides is 2. The summed E-state index contributed by atoms with van der Waals surface area (Å²) in [4.78, 5) is 34.6. The molecule has 0 aromatic carbocycles. The third-order valence-corrected chi connectivity index (χ3v) is 7.00. The molecular formula is C25H37N5O4S. The maximum atomic E-state index is 12.9. The number of thiazole rings is 1. The van der Waals surface area contributed by atoms with Crippen molar-refractivity contribution < 1.29 is 19.1 Å². The van der Waals surface area contributed by atoms with E-state index < -0.39 is 5.91 Å². The van der Waals surface area contributed by atoms with Gasteiger partial charge in [-0.15, -0.1) is 0 Å². The molecule has 9 nitrogen and oxygen atoms in total. The van der Waals surface area contributed by atoms with Crippen LogP contribution in [-0.2, 0) is 17.8 Å². The van der Waals surface area contributed by atoms with E-state index in [0.717, 1.165) is 41.5 Å². The van der Waals surface area contributed by atoms with Crippen LogP contribution in [0.5, 0.6) is 5.88 Å². The normalized spacial score (nSPS) is 14.8. The van der Waals surface area contributed by atoms with Crippen molar-refractivity contribution >= 4 is 28.3 Å². The van der Waals surface area contributed by atoms with Crippen LogP contribution in [0.2, 0.25) is 0 Å². The molecule has 35 heavy (non-hydrogen) atoms. The molecule has 3 heterocycles. The zero-order chi connectivity index (χ0) is 25.5. The number of ether oxygens (including phenoxy) is 2. The summed E-state index contributed by atoms with van der Waals surface area (Å²) in [5.74, 6) is 0.0840. The monoisotopic (exact) mass is 503 g/mol. The molecule has 2 atom stereocenters. The van der Waals surface area contributed by atoms with E-state index in [1.54, 1.807) is 6.07 Å². The van der Waals surface area contributed by atoms with Gasteiger partial charge in [0.15, 0.2) is 5.13 Å². The number of nitrogens with two attached hydrogens (primary N) is 1. The molecule has 1 aliphatic rings. The van der Waals surface area contributed by atoms with Gasteiger partial charge in [-0.2, -0.15) is 0 Å². The molecule has 0 saturated carbocycles. The molecule has 192 valence electrons. The van der Waals surface area contributed by atoms with Gasteiger partial charge < -0.3 is 25.8 Å². The van der Waals surface area contributed by atoms with E-state index >= 15 is 0 Å². The Hall–Kier alpha value is -2.72. The van der Waals surface area contributed by atoms with Gasteiger partial charge in [0, 0.05) is 24.6 Å². The molecule has 0 saturated heterocycles. The molecule has 2 aromatic rings. The molecule has 1 aliphatic heterocycles. The van der Waals surface area contributed by atoms with Gasteiger partial charge >= 0.3 is 0 Å². The number of nitrogens with zero attached hydrogens (tertiary/aromatic N) is 2. The number of primary amides is 1. The maximum absolute atomic E-state index is 12.9. The van der Waals surface area contributed by atoms with Gasteiger partial charge in [0.25, 0.3) is 11.8 Å². The molecule has 4 N–H and O–H groups in total. The molecule has 0 unspecified atom stereocenters. The minimum Gasteiger partial charge on any atom is -0.474 e. The highest BCUT2D eigenvalue weighted by atomic mass is 32.1. The Balaban J connectivity index is 1.58. The number of hydrogen-bond acceptors (Lipinski definition) is 8. The molecule has 3 rings (SSSR count). The summed E-state index contributed by atoms with van der Waals surface area (Å²) in [5, 5.41) is 7.19. The zero-order valence-electron chi connectivity index (χ0n) is 21.3. The number of rotatable bonds is 12. The number of nitrogens with one attached hydrogen (secondary N) is 2. The van der Waals surface area contributed by atoms with Crippen LogP contribution in [0.4, 0.5) is 5.13 Å². The van der Waals surface area contributed by atoms with E-state index in [-0.39, 0.29) is 29.5 Å². The average Bonchev–Trinajstić information content (AvgIpc) is 3.20. The first-order valence-electron chi connectivity index (χ1n) is 12.3.